The summed E-state index contributed by atoms with van der Waals surface area (Å²) in [5.74, 6) is -0.106. The molecule has 0 heterocycles. The Hall–Kier alpha value is -3.85. The number of carbonyl (C=O) groups is 1. The van der Waals surface area contributed by atoms with E-state index in [2.05, 4.69) is 64.8 Å². The second-order valence-electron chi connectivity index (χ2n) is 7.20. The van der Waals surface area contributed by atoms with Crippen LogP contribution in [0, 0.1) is 0 Å². The maximum Gasteiger partial charge on any atom is 0.255 e. The van der Waals surface area contributed by atoms with E-state index in [-0.39, 0.29) is 5.91 Å². The lowest BCUT2D eigenvalue weighted by Gasteiger charge is -2.26. The molecule has 0 atom stereocenters. The predicted octanol–water partition coefficient (Wildman–Crippen LogP) is 6.15. The zero-order chi connectivity index (χ0) is 20.6. The van der Waals surface area contributed by atoms with Crippen LogP contribution in [-0.4, -0.2) is 5.91 Å². The minimum Gasteiger partial charge on any atom is -0.363 e. The fourth-order valence-electron chi connectivity index (χ4n) is 3.42. The topological polar surface area (TPSA) is 32.3 Å². The van der Waals surface area contributed by atoms with Crippen LogP contribution in [0.5, 0.6) is 0 Å². The van der Waals surface area contributed by atoms with Gasteiger partial charge in [-0.2, -0.15) is 0 Å². The molecule has 4 aromatic rings. The van der Waals surface area contributed by atoms with E-state index >= 15 is 0 Å². The summed E-state index contributed by atoms with van der Waals surface area (Å²) in [5, 5.41) is 3.02. The molecule has 0 aliphatic carbocycles. The highest BCUT2D eigenvalue weighted by Gasteiger charge is 2.11. The molecule has 30 heavy (non-hydrogen) atoms. The highest BCUT2D eigenvalue weighted by atomic mass is 16.1. The number of carbonyl (C=O) groups excluding carboxylic acids is 1. The van der Waals surface area contributed by atoms with Crippen molar-refractivity contribution in [2.24, 2.45) is 0 Å². The van der Waals surface area contributed by atoms with Crippen molar-refractivity contribution in [3.05, 3.63) is 132 Å². The number of nitrogens with one attached hydrogen (secondary N) is 1. The first-order valence-corrected chi connectivity index (χ1v) is 10.1. The van der Waals surface area contributed by atoms with Crippen molar-refractivity contribution in [2.45, 2.75) is 13.1 Å². The Morgan fingerprint density at radius 3 is 1.73 bits per heavy atom. The first kappa shape index (κ1) is 19.5. The zero-order valence-electron chi connectivity index (χ0n) is 16.7. The lowest BCUT2D eigenvalue weighted by molar-refractivity contribution is 0.102. The molecule has 1 amide bonds. The van der Waals surface area contributed by atoms with Crippen LogP contribution in [0.15, 0.2) is 115 Å². The largest absolute Gasteiger partial charge is 0.363 e. The quantitative estimate of drug-likeness (QED) is 0.409. The van der Waals surface area contributed by atoms with E-state index in [4.69, 9.17) is 0 Å². The molecular weight excluding hydrogens is 368 g/mol. The number of anilines is 2. The fraction of sp³-hybridized carbons (Fsp3) is 0.0741. The second kappa shape index (κ2) is 9.57. The van der Waals surface area contributed by atoms with E-state index in [1.807, 2.05) is 60.7 Å². The van der Waals surface area contributed by atoms with Crippen LogP contribution in [0.1, 0.15) is 21.5 Å². The molecule has 0 bridgehead atoms. The molecule has 0 aliphatic heterocycles. The van der Waals surface area contributed by atoms with Gasteiger partial charge in [0.25, 0.3) is 5.91 Å². The normalized spacial score (nSPS) is 10.4. The molecule has 0 saturated carbocycles. The molecule has 0 fully saturated rings. The molecular formula is C27H24N2O. The molecule has 0 aromatic heterocycles. The summed E-state index contributed by atoms with van der Waals surface area (Å²) >= 11 is 0. The van der Waals surface area contributed by atoms with Crippen molar-refractivity contribution in [3.63, 3.8) is 0 Å². The van der Waals surface area contributed by atoms with E-state index < -0.39 is 0 Å². The van der Waals surface area contributed by atoms with E-state index in [1.165, 1.54) is 11.1 Å². The maximum absolute atomic E-state index is 12.6. The molecule has 4 aromatic carbocycles. The van der Waals surface area contributed by atoms with Crippen molar-refractivity contribution < 1.29 is 4.79 Å². The van der Waals surface area contributed by atoms with Gasteiger partial charge < -0.3 is 10.2 Å². The summed E-state index contributed by atoms with van der Waals surface area (Å²) in [6, 6.07) is 38.2. The van der Waals surface area contributed by atoms with Gasteiger partial charge >= 0.3 is 0 Å². The second-order valence-corrected chi connectivity index (χ2v) is 7.20. The molecule has 0 saturated heterocycles. The van der Waals surface area contributed by atoms with Crippen molar-refractivity contribution >= 4 is 17.3 Å². The third kappa shape index (κ3) is 5.15. The van der Waals surface area contributed by atoms with E-state index in [1.54, 1.807) is 0 Å². The summed E-state index contributed by atoms with van der Waals surface area (Å²) < 4.78 is 0. The van der Waals surface area contributed by atoms with Gasteiger partial charge in [-0.3, -0.25) is 4.79 Å². The van der Waals surface area contributed by atoms with Crippen LogP contribution < -0.4 is 10.2 Å². The average Bonchev–Trinajstić information content (AvgIpc) is 2.81. The van der Waals surface area contributed by atoms with Crippen molar-refractivity contribution in [2.75, 3.05) is 10.2 Å². The van der Waals surface area contributed by atoms with E-state index in [0.717, 1.165) is 24.5 Å². The Morgan fingerprint density at radius 2 is 1.17 bits per heavy atom. The van der Waals surface area contributed by atoms with Gasteiger partial charge in [-0.1, -0.05) is 84.9 Å². The molecule has 0 radical (unpaired) electrons. The van der Waals surface area contributed by atoms with Gasteiger partial charge in [-0.15, -0.1) is 0 Å². The van der Waals surface area contributed by atoms with Crippen LogP contribution in [0.4, 0.5) is 11.4 Å². The number of hydrogen-bond acceptors (Lipinski definition) is 2. The first-order valence-electron chi connectivity index (χ1n) is 10.1. The highest BCUT2D eigenvalue weighted by molar-refractivity contribution is 6.04. The standard InChI is InChI=1S/C27H24N2O/c30-27(24-15-8-3-9-16-24)28-25-17-10-18-26(19-25)29(20-22-11-4-1-5-12-22)21-23-13-6-2-7-14-23/h1-19H,20-21H2,(H,28,30). The van der Waals surface area contributed by atoms with Crippen LogP contribution in [0.3, 0.4) is 0 Å². The Bertz CT molecular complexity index is 1040. The molecule has 1 N–H and O–H groups in total. The SMILES string of the molecule is O=C(Nc1cccc(N(Cc2ccccc2)Cc2ccccc2)c1)c1ccccc1. The molecule has 4 rings (SSSR count). The highest BCUT2D eigenvalue weighted by Crippen LogP contribution is 2.24. The third-order valence-electron chi connectivity index (χ3n) is 4.94. The summed E-state index contributed by atoms with van der Waals surface area (Å²) in [6.45, 7) is 1.57. The van der Waals surface area contributed by atoms with Crippen molar-refractivity contribution in [1.29, 1.82) is 0 Å². The Balaban J connectivity index is 1.58. The van der Waals surface area contributed by atoms with Gasteiger partial charge in [0, 0.05) is 30.0 Å². The van der Waals surface area contributed by atoms with Gasteiger partial charge in [0.1, 0.15) is 0 Å². The van der Waals surface area contributed by atoms with Gasteiger partial charge in [-0.25, -0.2) is 0 Å². The molecule has 148 valence electrons. The van der Waals surface area contributed by atoms with Crippen molar-refractivity contribution in [1.82, 2.24) is 0 Å². The first-order chi connectivity index (χ1) is 14.8. The lowest BCUT2D eigenvalue weighted by Crippen LogP contribution is -2.22. The van der Waals surface area contributed by atoms with Gasteiger partial charge in [0.2, 0.25) is 0 Å². The lowest BCUT2D eigenvalue weighted by atomic mass is 10.1. The average molecular weight is 393 g/mol. The van der Waals surface area contributed by atoms with Gasteiger partial charge in [0.15, 0.2) is 0 Å². The van der Waals surface area contributed by atoms with Crippen LogP contribution in [-0.2, 0) is 13.1 Å². The predicted molar refractivity (Wildman–Crippen MR) is 124 cm³/mol. The molecule has 0 aliphatic rings. The molecule has 0 spiro atoms. The molecule has 3 nitrogen and oxygen atoms in total. The minimum atomic E-state index is -0.106. The van der Waals surface area contributed by atoms with Crippen LogP contribution in [0.2, 0.25) is 0 Å². The number of amides is 1. The maximum atomic E-state index is 12.6. The Labute approximate surface area is 177 Å². The Morgan fingerprint density at radius 1 is 0.633 bits per heavy atom. The summed E-state index contributed by atoms with van der Waals surface area (Å²) in [4.78, 5) is 14.9. The monoisotopic (exact) mass is 392 g/mol. The van der Waals surface area contributed by atoms with Crippen LogP contribution in [0.25, 0.3) is 0 Å². The summed E-state index contributed by atoms with van der Waals surface area (Å²) in [5.41, 5.74) is 4.98. The number of rotatable bonds is 7. The van der Waals surface area contributed by atoms with Crippen molar-refractivity contribution in [3.8, 4) is 0 Å². The summed E-state index contributed by atoms with van der Waals surface area (Å²) in [7, 11) is 0. The van der Waals surface area contributed by atoms with Crippen LogP contribution >= 0.6 is 0 Å². The summed E-state index contributed by atoms with van der Waals surface area (Å²) in [6.07, 6.45) is 0. The smallest absolute Gasteiger partial charge is 0.255 e. The molecule has 3 heteroatoms. The zero-order valence-corrected chi connectivity index (χ0v) is 16.7. The Kier molecular flexibility index (Phi) is 6.21. The van der Waals surface area contributed by atoms with E-state index in [9.17, 15) is 4.79 Å². The minimum absolute atomic E-state index is 0.106. The van der Waals surface area contributed by atoms with Gasteiger partial charge in [-0.05, 0) is 41.5 Å². The third-order valence-corrected chi connectivity index (χ3v) is 4.94. The van der Waals surface area contributed by atoms with E-state index in [0.29, 0.717) is 5.56 Å². The number of benzene rings is 4. The van der Waals surface area contributed by atoms with Gasteiger partial charge in [0.05, 0.1) is 0 Å². The fourth-order valence-corrected chi connectivity index (χ4v) is 3.42. The number of hydrogen-bond donors (Lipinski definition) is 1. The number of nitrogens with zero attached hydrogens (tertiary/aromatic N) is 1. The molecule has 0 unspecified atom stereocenters.